The molecule has 6 aliphatic heterocycles. The Hall–Kier alpha value is -2.83. The number of para-hydroxylation sites is 1. The van der Waals surface area contributed by atoms with Crippen molar-refractivity contribution in [2.24, 2.45) is 10.8 Å². The molecule has 3 saturated heterocycles. The molecule has 10 rings (SSSR count). The zero-order valence-corrected chi connectivity index (χ0v) is 27.1. The molecular formula is C39H48N4O2. The molecule has 1 saturated carbocycles. The largest absolute Gasteiger partial charge is 0.508 e. The van der Waals surface area contributed by atoms with Crippen LogP contribution >= 0.6 is 0 Å². The van der Waals surface area contributed by atoms with Gasteiger partial charge in [-0.15, -0.1) is 0 Å². The van der Waals surface area contributed by atoms with Crippen molar-refractivity contribution in [3.63, 3.8) is 0 Å². The van der Waals surface area contributed by atoms with E-state index in [4.69, 9.17) is 0 Å². The van der Waals surface area contributed by atoms with E-state index in [0.29, 0.717) is 17.8 Å². The van der Waals surface area contributed by atoms with E-state index in [0.717, 1.165) is 63.0 Å². The van der Waals surface area contributed by atoms with Gasteiger partial charge in [-0.2, -0.15) is 0 Å². The van der Waals surface area contributed by atoms with E-state index in [-0.39, 0.29) is 28.3 Å². The van der Waals surface area contributed by atoms with Gasteiger partial charge >= 0.3 is 0 Å². The minimum atomic E-state index is -0.190. The number of phenolic OH excluding ortho intramolecular Hbond substituents is 1. The number of amides is 1. The number of aromatic nitrogens is 1. The maximum Gasteiger partial charge on any atom is 0.214 e. The van der Waals surface area contributed by atoms with Gasteiger partial charge in [-0.1, -0.05) is 38.1 Å². The summed E-state index contributed by atoms with van der Waals surface area (Å²) < 4.78 is 2.73. The van der Waals surface area contributed by atoms with Gasteiger partial charge in [0.1, 0.15) is 5.75 Å². The number of rotatable bonds is 4. The van der Waals surface area contributed by atoms with Crippen molar-refractivity contribution in [2.75, 3.05) is 31.1 Å². The van der Waals surface area contributed by atoms with E-state index in [1.54, 1.807) is 11.3 Å². The number of benzene rings is 2. The summed E-state index contributed by atoms with van der Waals surface area (Å²) in [5, 5.41) is 13.4. The van der Waals surface area contributed by atoms with Crippen LogP contribution in [0.2, 0.25) is 0 Å². The lowest BCUT2D eigenvalue weighted by molar-refractivity contribution is -0.109. The van der Waals surface area contributed by atoms with Crippen LogP contribution in [0.3, 0.4) is 0 Å². The molecule has 236 valence electrons. The van der Waals surface area contributed by atoms with Crippen molar-refractivity contribution >= 4 is 23.0 Å². The van der Waals surface area contributed by atoms with E-state index in [1.165, 1.54) is 68.0 Å². The molecule has 1 amide bonds. The van der Waals surface area contributed by atoms with E-state index in [9.17, 15) is 9.90 Å². The average molecular weight is 605 g/mol. The summed E-state index contributed by atoms with van der Waals surface area (Å²) in [4.78, 5) is 21.2. The molecule has 6 heteroatoms. The van der Waals surface area contributed by atoms with Crippen molar-refractivity contribution in [1.82, 2.24) is 14.4 Å². The van der Waals surface area contributed by atoms with Crippen LogP contribution in [0.5, 0.6) is 5.75 Å². The number of hydrogen-bond acceptors (Lipinski definition) is 4. The Bertz CT molecular complexity index is 1750. The normalized spacial score (nSPS) is 38.1. The minimum absolute atomic E-state index is 0.127. The van der Waals surface area contributed by atoms with Crippen molar-refractivity contribution in [1.29, 1.82) is 0 Å². The van der Waals surface area contributed by atoms with Crippen LogP contribution in [0, 0.1) is 10.8 Å². The SMILES string of the molecule is CC[C@@]12CCCN3CCc4c(n(c5ccccc45)[C@H](c4ccc(O)c5c4N(C=O)[C@@H]4CC[C@@]6(CC)CCCN7CC[C@@]54[C@H]76)C1)[C@H]32. The first-order valence-electron chi connectivity index (χ1n) is 18.2. The van der Waals surface area contributed by atoms with Gasteiger partial charge in [0.25, 0.3) is 0 Å². The van der Waals surface area contributed by atoms with Gasteiger partial charge in [0.05, 0.1) is 17.8 Å². The first kappa shape index (κ1) is 27.3. The summed E-state index contributed by atoms with van der Waals surface area (Å²) in [5.41, 5.74) is 8.22. The number of hydrogen-bond donors (Lipinski definition) is 1. The van der Waals surface area contributed by atoms with Gasteiger partial charge in [-0.05, 0) is 124 Å². The standard InChI is InChI=1S/C39H48N4O2/c1-3-37-15-7-20-41-22-18-39(36(37)41)31(13-17-37)42(24-44)33-27(11-12-30(45)32(33)39)29-23-38(4-2)16-8-19-40-21-14-26-25-9-5-6-10-28(25)43(29)34(26)35(38)40/h5-6,9-12,24,29,31,35-36,45H,3-4,7-8,13-23H2,1-2H3/t29-,31+,35-,36+,37+,38+,39-/m0/s1. The van der Waals surface area contributed by atoms with E-state index in [1.807, 2.05) is 6.07 Å². The van der Waals surface area contributed by atoms with Crippen LogP contribution < -0.4 is 4.90 Å². The van der Waals surface area contributed by atoms with Crippen LogP contribution in [0.4, 0.5) is 5.69 Å². The fourth-order valence-corrected chi connectivity index (χ4v) is 13.4. The maximum atomic E-state index is 13.4. The molecule has 2 aromatic carbocycles. The predicted octanol–water partition coefficient (Wildman–Crippen LogP) is 7.07. The fraction of sp³-hybridized carbons (Fsp3) is 0.615. The second-order valence-corrected chi connectivity index (χ2v) is 16.0. The Labute approximate surface area is 267 Å². The van der Waals surface area contributed by atoms with Gasteiger partial charge in [0.2, 0.25) is 6.41 Å². The minimum Gasteiger partial charge on any atom is -0.508 e. The molecule has 7 aliphatic rings. The number of phenols is 1. The highest BCUT2D eigenvalue weighted by atomic mass is 16.3. The first-order chi connectivity index (χ1) is 22.0. The summed E-state index contributed by atoms with van der Waals surface area (Å²) in [5.74, 6) is 0.421. The molecule has 1 aromatic heterocycles. The predicted molar refractivity (Wildman–Crippen MR) is 178 cm³/mol. The third-order valence-corrected chi connectivity index (χ3v) is 14.9. The van der Waals surface area contributed by atoms with Gasteiger partial charge in [-0.25, -0.2) is 0 Å². The molecule has 7 atom stereocenters. The van der Waals surface area contributed by atoms with Gasteiger partial charge < -0.3 is 14.6 Å². The highest BCUT2D eigenvalue weighted by molar-refractivity contribution is 5.90. The number of carbonyl (C=O) groups excluding carboxylic acids is 1. The number of piperidine rings is 2. The van der Waals surface area contributed by atoms with Crippen LogP contribution in [-0.2, 0) is 16.6 Å². The fourth-order valence-electron chi connectivity index (χ4n) is 13.4. The Morgan fingerprint density at radius 1 is 0.911 bits per heavy atom. The number of aromatic hydroxyl groups is 1. The topological polar surface area (TPSA) is 52.0 Å². The lowest BCUT2D eigenvalue weighted by atomic mass is 9.52. The third kappa shape index (κ3) is 3.08. The van der Waals surface area contributed by atoms with Crippen molar-refractivity contribution in [2.45, 2.75) is 114 Å². The monoisotopic (exact) mass is 604 g/mol. The molecule has 4 fully saturated rings. The summed E-state index contributed by atoms with van der Waals surface area (Å²) >= 11 is 0. The molecule has 0 unspecified atom stereocenters. The lowest BCUT2D eigenvalue weighted by Gasteiger charge is -2.58. The molecule has 0 bridgehead atoms. The van der Waals surface area contributed by atoms with Crippen LogP contribution in [0.1, 0.15) is 113 Å². The molecular weight excluding hydrogens is 556 g/mol. The van der Waals surface area contributed by atoms with E-state index in [2.05, 4.69) is 63.4 Å². The van der Waals surface area contributed by atoms with Crippen molar-refractivity contribution in [3.05, 3.63) is 58.8 Å². The zero-order chi connectivity index (χ0) is 30.3. The van der Waals surface area contributed by atoms with Crippen molar-refractivity contribution in [3.8, 4) is 5.75 Å². The molecule has 0 radical (unpaired) electrons. The second-order valence-electron chi connectivity index (χ2n) is 16.0. The summed E-state index contributed by atoms with van der Waals surface area (Å²) in [6, 6.07) is 14.5. The first-order valence-corrected chi connectivity index (χ1v) is 18.2. The molecule has 6 nitrogen and oxygen atoms in total. The van der Waals surface area contributed by atoms with Gasteiger partial charge in [0.15, 0.2) is 0 Å². The molecule has 1 aliphatic carbocycles. The Balaban J connectivity index is 1.25. The smallest absolute Gasteiger partial charge is 0.214 e. The lowest BCUT2D eigenvalue weighted by Crippen LogP contribution is -2.64. The molecule has 1 N–H and O–H groups in total. The second kappa shape index (κ2) is 9.16. The zero-order valence-electron chi connectivity index (χ0n) is 27.1. The highest BCUT2D eigenvalue weighted by Crippen LogP contribution is 2.69. The Kier molecular flexibility index (Phi) is 5.56. The van der Waals surface area contributed by atoms with Crippen molar-refractivity contribution < 1.29 is 9.90 Å². The quantitative estimate of drug-likeness (QED) is 0.324. The average Bonchev–Trinajstić information content (AvgIpc) is 3.73. The molecule has 1 spiro atoms. The van der Waals surface area contributed by atoms with Crippen LogP contribution in [-0.4, -0.2) is 64.1 Å². The van der Waals surface area contributed by atoms with Crippen LogP contribution in [0.15, 0.2) is 36.4 Å². The van der Waals surface area contributed by atoms with Gasteiger partial charge in [-0.3, -0.25) is 14.6 Å². The molecule has 45 heavy (non-hydrogen) atoms. The highest BCUT2D eigenvalue weighted by Gasteiger charge is 2.69. The maximum absolute atomic E-state index is 13.4. The number of carbonyl (C=O) groups is 1. The molecule has 3 aromatic rings. The summed E-state index contributed by atoms with van der Waals surface area (Å²) in [6.07, 6.45) is 14.0. The number of nitrogens with zero attached hydrogens (tertiary/aromatic N) is 4. The third-order valence-electron chi connectivity index (χ3n) is 14.9. The summed E-state index contributed by atoms with van der Waals surface area (Å²) in [7, 11) is 0. The number of anilines is 1. The number of fused-ring (bicyclic) bond motifs is 4. The van der Waals surface area contributed by atoms with E-state index < -0.39 is 0 Å². The Morgan fingerprint density at radius 2 is 1.71 bits per heavy atom. The van der Waals surface area contributed by atoms with E-state index >= 15 is 0 Å². The molecule has 7 heterocycles. The summed E-state index contributed by atoms with van der Waals surface area (Å²) in [6.45, 7) is 9.42. The Morgan fingerprint density at radius 3 is 2.53 bits per heavy atom. The van der Waals surface area contributed by atoms with Gasteiger partial charge in [0, 0.05) is 46.2 Å². The van der Waals surface area contributed by atoms with Crippen LogP contribution in [0.25, 0.3) is 10.9 Å².